The van der Waals surface area contributed by atoms with Crippen LogP contribution in [0.2, 0.25) is 0 Å². The zero-order chi connectivity index (χ0) is 20.2. The summed E-state index contributed by atoms with van der Waals surface area (Å²) < 4.78 is 3.35. The van der Waals surface area contributed by atoms with Crippen LogP contribution in [0.3, 0.4) is 0 Å². The first kappa shape index (κ1) is 18.8. The maximum Gasteiger partial charge on any atom is 0.263 e. The van der Waals surface area contributed by atoms with E-state index in [1.54, 1.807) is 0 Å². The van der Waals surface area contributed by atoms with Gasteiger partial charge in [-0.3, -0.25) is 14.2 Å². The van der Waals surface area contributed by atoms with Crippen LogP contribution in [-0.2, 0) is 6.54 Å². The zero-order valence-electron chi connectivity index (χ0n) is 15.8. The molecule has 0 saturated carbocycles. The van der Waals surface area contributed by atoms with Crippen LogP contribution in [0.1, 0.15) is 15.4 Å². The second kappa shape index (κ2) is 8.24. The highest BCUT2D eigenvalue weighted by Gasteiger charge is 2.15. The Bertz CT molecular complexity index is 1180. The molecule has 0 radical (unpaired) electrons. The first-order chi connectivity index (χ1) is 14.1. The second-order valence-corrected chi connectivity index (χ2v) is 7.41. The number of aryl methyl sites for hydroxylation is 1. The number of hydrogen-bond acceptors (Lipinski definition) is 5. The van der Waals surface area contributed by atoms with Gasteiger partial charge in [0.05, 0.1) is 17.7 Å². The summed E-state index contributed by atoms with van der Waals surface area (Å²) in [5.41, 5.74) is 2.05. The van der Waals surface area contributed by atoms with E-state index >= 15 is 0 Å². The third-order valence-electron chi connectivity index (χ3n) is 4.40. The van der Waals surface area contributed by atoms with Gasteiger partial charge in [0.25, 0.3) is 11.5 Å². The van der Waals surface area contributed by atoms with E-state index in [1.165, 1.54) is 28.3 Å². The molecule has 0 saturated heterocycles. The molecule has 0 bridgehead atoms. The first-order valence-corrected chi connectivity index (χ1v) is 9.94. The molecule has 8 heteroatoms. The monoisotopic (exact) mass is 405 g/mol. The van der Waals surface area contributed by atoms with Gasteiger partial charge in [-0.15, -0.1) is 0 Å². The Morgan fingerprint density at radius 2 is 1.90 bits per heavy atom. The number of nitrogens with one attached hydrogen (secondary N) is 1. The summed E-state index contributed by atoms with van der Waals surface area (Å²) in [5.74, 6) is -0.194. The molecule has 29 heavy (non-hydrogen) atoms. The van der Waals surface area contributed by atoms with Crippen molar-refractivity contribution >= 4 is 17.2 Å². The SMILES string of the molecule is Cc1nc(-n2cccc2)sc1C(=O)NCCn1cnc(-c2ccccc2)cc1=O. The van der Waals surface area contributed by atoms with Gasteiger partial charge in [0.2, 0.25) is 0 Å². The molecule has 0 aliphatic heterocycles. The van der Waals surface area contributed by atoms with Crippen LogP contribution in [0.15, 0.2) is 72.0 Å². The molecule has 146 valence electrons. The van der Waals surface area contributed by atoms with E-state index < -0.39 is 0 Å². The number of rotatable bonds is 6. The van der Waals surface area contributed by atoms with Gasteiger partial charge < -0.3 is 9.88 Å². The molecule has 0 atom stereocenters. The summed E-state index contributed by atoms with van der Waals surface area (Å²) in [6, 6.07) is 14.9. The standard InChI is InChI=1S/C21H19N5O2S/c1-15-19(29-21(24-15)25-10-5-6-11-25)20(28)22-9-12-26-14-23-17(13-18(26)27)16-7-3-2-4-8-16/h2-8,10-11,13-14H,9,12H2,1H3,(H,22,28). The average Bonchev–Trinajstić information content (AvgIpc) is 3.39. The lowest BCUT2D eigenvalue weighted by atomic mass is 10.1. The number of nitrogens with zero attached hydrogens (tertiary/aromatic N) is 4. The lowest BCUT2D eigenvalue weighted by Gasteiger charge is -2.08. The number of hydrogen-bond donors (Lipinski definition) is 1. The summed E-state index contributed by atoms with van der Waals surface area (Å²) in [6.45, 7) is 2.48. The Hall–Kier alpha value is -3.52. The van der Waals surface area contributed by atoms with Gasteiger partial charge in [-0.25, -0.2) is 9.97 Å². The number of benzene rings is 1. The molecule has 4 aromatic rings. The van der Waals surface area contributed by atoms with Crippen LogP contribution < -0.4 is 10.9 Å². The Morgan fingerprint density at radius 1 is 1.14 bits per heavy atom. The fourth-order valence-corrected chi connectivity index (χ4v) is 3.85. The largest absolute Gasteiger partial charge is 0.349 e. The molecule has 1 amide bonds. The average molecular weight is 405 g/mol. The van der Waals surface area contributed by atoms with Crippen molar-refractivity contribution in [2.75, 3.05) is 6.54 Å². The van der Waals surface area contributed by atoms with E-state index in [9.17, 15) is 9.59 Å². The van der Waals surface area contributed by atoms with Crippen LogP contribution in [0.4, 0.5) is 0 Å². The molecular formula is C21H19N5O2S. The third kappa shape index (κ3) is 4.17. The van der Waals surface area contributed by atoms with Crippen molar-refractivity contribution in [3.63, 3.8) is 0 Å². The fraction of sp³-hybridized carbons (Fsp3) is 0.143. The smallest absolute Gasteiger partial charge is 0.263 e. The Morgan fingerprint density at radius 3 is 2.62 bits per heavy atom. The van der Waals surface area contributed by atoms with E-state index in [4.69, 9.17) is 0 Å². The number of thiazole rings is 1. The van der Waals surface area contributed by atoms with Crippen molar-refractivity contribution in [3.8, 4) is 16.4 Å². The highest BCUT2D eigenvalue weighted by atomic mass is 32.1. The van der Waals surface area contributed by atoms with E-state index in [0.717, 1.165) is 10.7 Å². The molecule has 3 heterocycles. The summed E-state index contributed by atoms with van der Waals surface area (Å²) >= 11 is 1.33. The molecule has 0 fully saturated rings. The van der Waals surface area contributed by atoms with Crippen molar-refractivity contribution in [2.24, 2.45) is 0 Å². The lowest BCUT2D eigenvalue weighted by Crippen LogP contribution is -2.30. The van der Waals surface area contributed by atoms with Crippen molar-refractivity contribution in [1.29, 1.82) is 0 Å². The Kier molecular flexibility index (Phi) is 5.35. The molecule has 1 aromatic carbocycles. The van der Waals surface area contributed by atoms with Crippen LogP contribution in [0.25, 0.3) is 16.4 Å². The fourth-order valence-electron chi connectivity index (χ4n) is 2.90. The van der Waals surface area contributed by atoms with Crippen molar-refractivity contribution in [3.05, 3.63) is 88.2 Å². The quantitative estimate of drug-likeness (QED) is 0.535. The van der Waals surface area contributed by atoms with Gasteiger partial charge >= 0.3 is 0 Å². The minimum Gasteiger partial charge on any atom is -0.349 e. The van der Waals surface area contributed by atoms with Gasteiger partial charge in [0.15, 0.2) is 5.13 Å². The van der Waals surface area contributed by atoms with Gasteiger partial charge in [0, 0.05) is 37.1 Å². The van der Waals surface area contributed by atoms with Gasteiger partial charge in [-0.1, -0.05) is 41.7 Å². The summed E-state index contributed by atoms with van der Waals surface area (Å²) in [4.78, 5) is 34.2. The van der Waals surface area contributed by atoms with E-state index in [2.05, 4.69) is 15.3 Å². The predicted octanol–water partition coefficient (Wildman–Crippen LogP) is 2.90. The molecule has 0 spiro atoms. The van der Waals surface area contributed by atoms with Gasteiger partial charge in [-0.05, 0) is 19.1 Å². The van der Waals surface area contributed by atoms with Crippen molar-refractivity contribution in [2.45, 2.75) is 13.5 Å². The summed E-state index contributed by atoms with van der Waals surface area (Å²) in [7, 11) is 0. The number of amides is 1. The number of aromatic nitrogens is 4. The van der Waals surface area contributed by atoms with E-state index in [-0.39, 0.29) is 11.5 Å². The predicted molar refractivity (Wildman–Crippen MR) is 112 cm³/mol. The van der Waals surface area contributed by atoms with Gasteiger partial charge in [-0.2, -0.15) is 0 Å². The molecule has 1 N–H and O–H groups in total. The van der Waals surface area contributed by atoms with Crippen LogP contribution in [-0.4, -0.2) is 31.6 Å². The topological polar surface area (TPSA) is 81.8 Å². The van der Waals surface area contributed by atoms with Crippen LogP contribution >= 0.6 is 11.3 Å². The molecule has 0 unspecified atom stereocenters. The molecule has 0 aliphatic rings. The maximum atomic E-state index is 12.5. The Labute approximate surface area is 171 Å². The van der Waals surface area contributed by atoms with Crippen LogP contribution in [0, 0.1) is 6.92 Å². The third-order valence-corrected chi connectivity index (χ3v) is 5.57. The highest BCUT2D eigenvalue weighted by molar-refractivity contribution is 7.16. The highest BCUT2D eigenvalue weighted by Crippen LogP contribution is 2.21. The van der Waals surface area contributed by atoms with Crippen molar-refractivity contribution in [1.82, 2.24) is 24.4 Å². The maximum absolute atomic E-state index is 12.5. The molecule has 0 aliphatic carbocycles. The second-order valence-electron chi connectivity index (χ2n) is 6.43. The zero-order valence-corrected chi connectivity index (χ0v) is 16.6. The number of carbonyl (C=O) groups is 1. The minimum absolute atomic E-state index is 0.156. The normalized spacial score (nSPS) is 10.8. The minimum atomic E-state index is -0.194. The number of carbonyl (C=O) groups excluding carboxylic acids is 1. The molecule has 4 rings (SSSR count). The molecule has 7 nitrogen and oxygen atoms in total. The first-order valence-electron chi connectivity index (χ1n) is 9.13. The van der Waals surface area contributed by atoms with E-state index in [0.29, 0.717) is 29.4 Å². The summed E-state index contributed by atoms with van der Waals surface area (Å²) in [5, 5.41) is 3.60. The summed E-state index contributed by atoms with van der Waals surface area (Å²) in [6.07, 6.45) is 5.29. The van der Waals surface area contributed by atoms with E-state index in [1.807, 2.05) is 66.3 Å². The molecular weight excluding hydrogens is 386 g/mol. The molecule has 3 aromatic heterocycles. The van der Waals surface area contributed by atoms with Gasteiger partial charge in [0.1, 0.15) is 4.88 Å². The lowest BCUT2D eigenvalue weighted by molar-refractivity contribution is 0.0955. The van der Waals surface area contributed by atoms with Crippen molar-refractivity contribution < 1.29 is 4.79 Å². The Balaban J connectivity index is 1.39. The van der Waals surface area contributed by atoms with Crippen LogP contribution in [0.5, 0.6) is 0 Å².